The molecule has 42 heavy (non-hydrogen) atoms. The van der Waals surface area contributed by atoms with Crippen molar-refractivity contribution in [1.29, 1.82) is 0 Å². The molecule has 0 aromatic carbocycles. The van der Waals surface area contributed by atoms with Crippen LogP contribution in [0.5, 0.6) is 0 Å². The number of rotatable bonds is 13. The smallest absolute Gasteiger partial charge is 0.315 e. The van der Waals surface area contributed by atoms with Crippen LogP contribution in [0.4, 0.5) is 4.79 Å². The van der Waals surface area contributed by atoms with Crippen molar-refractivity contribution in [2.75, 3.05) is 6.54 Å². The zero-order chi connectivity index (χ0) is 31.4. The first-order valence-electron chi connectivity index (χ1n) is 15.0. The molecule has 1 unspecified atom stereocenters. The summed E-state index contributed by atoms with van der Waals surface area (Å²) >= 11 is 1.53. The Bertz CT molecular complexity index is 1130. The van der Waals surface area contributed by atoms with Crippen molar-refractivity contribution < 1.29 is 24.0 Å². The minimum atomic E-state index is -1.08. The van der Waals surface area contributed by atoms with E-state index in [2.05, 4.69) is 20.9 Å². The summed E-state index contributed by atoms with van der Waals surface area (Å²) in [5.41, 5.74) is 4.62. The normalized spacial score (nSPS) is 21.1. The topological polar surface area (TPSA) is 164 Å². The summed E-state index contributed by atoms with van der Waals surface area (Å²) in [6.45, 7) is 14.0. The molecule has 1 aromatic rings. The second-order valence-corrected chi connectivity index (χ2v) is 14.5. The Morgan fingerprint density at radius 1 is 1.05 bits per heavy atom. The van der Waals surface area contributed by atoms with Gasteiger partial charge in [0.1, 0.15) is 12.1 Å². The van der Waals surface area contributed by atoms with E-state index in [1.807, 2.05) is 53.8 Å². The van der Waals surface area contributed by atoms with E-state index in [0.717, 1.165) is 17.8 Å². The second-order valence-electron chi connectivity index (χ2n) is 13.5. The van der Waals surface area contributed by atoms with Crippen LogP contribution in [0.1, 0.15) is 79.2 Å². The van der Waals surface area contributed by atoms with Gasteiger partial charge in [0.25, 0.3) is 5.91 Å². The maximum atomic E-state index is 14.2. The maximum absolute atomic E-state index is 14.2. The molecule has 234 valence electrons. The molecule has 2 heterocycles. The largest absolute Gasteiger partial charge is 0.363 e. The van der Waals surface area contributed by atoms with Gasteiger partial charge in [0.05, 0.1) is 11.0 Å². The Morgan fingerprint density at radius 3 is 2.21 bits per heavy atom. The van der Waals surface area contributed by atoms with Gasteiger partial charge in [-0.3, -0.25) is 19.2 Å². The maximum Gasteiger partial charge on any atom is 0.315 e. The van der Waals surface area contributed by atoms with Crippen LogP contribution in [0.3, 0.4) is 0 Å². The van der Waals surface area contributed by atoms with Crippen molar-refractivity contribution in [3.05, 3.63) is 16.6 Å². The van der Waals surface area contributed by atoms with Gasteiger partial charge in [-0.15, -0.1) is 11.3 Å². The number of carbonyl (C=O) groups is 5. The fraction of sp³-hybridized carbons (Fsp3) is 0.733. The number of primary amides is 1. The number of ketones is 1. The van der Waals surface area contributed by atoms with Crippen molar-refractivity contribution in [2.45, 2.75) is 105 Å². The lowest BCUT2D eigenvalue weighted by Crippen LogP contribution is -2.61. The van der Waals surface area contributed by atoms with Crippen molar-refractivity contribution >= 4 is 40.9 Å². The first-order valence-corrected chi connectivity index (χ1v) is 15.9. The Labute approximate surface area is 253 Å². The molecular formula is C30H48N6O5S. The van der Waals surface area contributed by atoms with Gasteiger partial charge < -0.3 is 26.6 Å². The average molecular weight is 605 g/mol. The summed E-state index contributed by atoms with van der Waals surface area (Å²) < 4.78 is 0. The van der Waals surface area contributed by atoms with E-state index >= 15 is 0 Å². The number of hydrogen-bond donors (Lipinski definition) is 4. The number of aromatic nitrogens is 1. The van der Waals surface area contributed by atoms with Crippen LogP contribution in [-0.4, -0.2) is 70.1 Å². The van der Waals surface area contributed by atoms with E-state index in [0.29, 0.717) is 25.8 Å². The van der Waals surface area contributed by atoms with Gasteiger partial charge in [0, 0.05) is 30.6 Å². The van der Waals surface area contributed by atoms with Gasteiger partial charge in [0.15, 0.2) is 0 Å². The third-order valence-electron chi connectivity index (χ3n) is 8.38. The molecule has 1 saturated carbocycles. The number of thiazole rings is 1. The number of amides is 5. The molecule has 12 heteroatoms. The lowest BCUT2D eigenvalue weighted by atomic mass is 9.84. The van der Waals surface area contributed by atoms with Crippen LogP contribution in [0.2, 0.25) is 0 Å². The Morgan fingerprint density at radius 2 is 1.71 bits per heavy atom. The molecule has 0 bridgehead atoms. The number of hydrogen-bond acceptors (Lipinski definition) is 7. The standard InChI is InChI=1S/C30H48N6O5S/c1-16(2)19-10-12-36(23(19)27(39)33-21(14-18-8-9-18)24(37)26(31)38)28(40)25(30(5,6)7)35-29(41)34-20(17(3)4)15-22-32-11-13-42-22/h11,13,16-21,23,25H,8-10,12,14-15H2,1-7H3,(H2,31,38)(H,33,39)(H2,34,35,41)/t19-,20-,21?,23+,25-/m1/s1. The molecule has 2 fully saturated rings. The summed E-state index contributed by atoms with van der Waals surface area (Å²) in [7, 11) is 0. The summed E-state index contributed by atoms with van der Waals surface area (Å²) in [4.78, 5) is 71.3. The number of urea groups is 1. The molecule has 1 saturated heterocycles. The highest BCUT2D eigenvalue weighted by Crippen LogP contribution is 2.35. The lowest BCUT2D eigenvalue weighted by molar-refractivity contribution is -0.144. The third kappa shape index (κ3) is 8.75. The molecule has 1 aromatic heterocycles. The number of Topliss-reactive ketones (excluding diaryl/α,β-unsaturated/α-hetero) is 1. The average Bonchev–Trinajstić information content (AvgIpc) is 3.35. The zero-order valence-corrected chi connectivity index (χ0v) is 26.8. The number of nitrogens with two attached hydrogens (primary N) is 1. The Balaban J connectivity index is 1.80. The SMILES string of the molecule is CC(C)[C@H]1CCN(C(=O)[C@@H](NC(=O)N[C@H](Cc2nccs2)C(C)C)C(C)(C)C)[C@@H]1C(=O)NC(CC1CC1)C(=O)C(N)=O. The van der Waals surface area contributed by atoms with Crippen molar-refractivity contribution in [2.24, 2.45) is 34.8 Å². The predicted octanol–water partition coefficient (Wildman–Crippen LogP) is 2.64. The minimum absolute atomic E-state index is 0.0780. The van der Waals surface area contributed by atoms with E-state index in [1.165, 1.54) is 16.2 Å². The summed E-state index contributed by atoms with van der Waals surface area (Å²) in [5, 5.41) is 11.5. The molecular weight excluding hydrogens is 556 g/mol. The van der Waals surface area contributed by atoms with Gasteiger partial charge >= 0.3 is 6.03 Å². The lowest BCUT2D eigenvalue weighted by Gasteiger charge is -2.37. The molecule has 5 amide bonds. The predicted molar refractivity (Wildman–Crippen MR) is 161 cm³/mol. The van der Waals surface area contributed by atoms with Crippen molar-refractivity contribution in [3.8, 4) is 0 Å². The van der Waals surface area contributed by atoms with E-state index in [1.54, 1.807) is 6.20 Å². The molecule has 2 aliphatic rings. The molecule has 1 aliphatic heterocycles. The van der Waals surface area contributed by atoms with Gasteiger partial charge in [-0.2, -0.15) is 0 Å². The van der Waals surface area contributed by atoms with Crippen LogP contribution < -0.4 is 21.7 Å². The van der Waals surface area contributed by atoms with Crippen molar-refractivity contribution in [1.82, 2.24) is 25.8 Å². The molecule has 0 radical (unpaired) electrons. The van der Waals surface area contributed by atoms with Gasteiger partial charge in [-0.1, -0.05) is 61.3 Å². The number of carbonyl (C=O) groups excluding carboxylic acids is 5. The molecule has 5 atom stereocenters. The van der Waals surface area contributed by atoms with Crippen molar-refractivity contribution in [3.63, 3.8) is 0 Å². The highest BCUT2D eigenvalue weighted by atomic mass is 32.1. The third-order valence-corrected chi connectivity index (χ3v) is 9.18. The van der Waals surface area contributed by atoms with E-state index < -0.39 is 47.2 Å². The summed E-state index contributed by atoms with van der Waals surface area (Å²) in [6.07, 6.45) is 5.13. The fourth-order valence-electron chi connectivity index (χ4n) is 5.60. The first-order chi connectivity index (χ1) is 19.6. The summed E-state index contributed by atoms with van der Waals surface area (Å²) in [6, 6.07) is -3.42. The number of nitrogens with one attached hydrogen (secondary N) is 3. The number of likely N-dealkylation sites (tertiary alicyclic amines) is 1. The quantitative estimate of drug-likeness (QED) is 0.253. The zero-order valence-electron chi connectivity index (χ0n) is 25.9. The van der Waals surface area contributed by atoms with Crippen LogP contribution >= 0.6 is 11.3 Å². The number of nitrogens with zero attached hydrogens (tertiary/aromatic N) is 2. The Kier molecular flexibility index (Phi) is 11.1. The molecule has 11 nitrogen and oxygen atoms in total. The molecule has 3 rings (SSSR count). The van der Waals surface area contributed by atoms with Crippen LogP contribution in [-0.2, 0) is 25.6 Å². The van der Waals surface area contributed by atoms with E-state index in [-0.39, 0.29) is 35.6 Å². The first kappa shape index (κ1) is 33.5. The fourth-order valence-corrected chi connectivity index (χ4v) is 6.27. The van der Waals surface area contributed by atoms with Gasteiger partial charge in [-0.05, 0) is 41.9 Å². The molecule has 1 aliphatic carbocycles. The molecule has 5 N–H and O–H groups in total. The van der Waals surface area contributed by atoms with Gasteiger partial charge in [-0.25, -0.2) is 9.78 Å². The van der Waals surface area contributed by atoms with E-state index in [9.17, 15) is 24.0 Å². The van der Waals surface area contributed by atoms with Crippen LogP contribution in [0.25, 0.3) is 0 Å². The highest BCUT2D eigenvalue weighted by molar-refractivity contribution is 7.09. The second kappa shape index (κ2) is 14.0. The minimum Gasteiger partial charge on any atom is -0.363 e. The van der Waals surface area contributed by atoms with Crippen LogP contribution in [0, 0.1) is 29.1 Å². The monoisotopic (exact) mass is 604 g/mol. The van der Waals surface area contributed by atoms with E-state index in [4.69, 9.17) is 5.73 Å². The van der Waals surface area contributed by atoms with Gasteiger partial charge in [0.2, 0.25) is 17.6 Å². The van der Waals surface area contributed by atoms with Crippen LogP contribution in [0.15, 0.2) is 11.6 Å². The summed E-state index contributed by atoms with van der Waals surface area (Å²) in [5.74, 6) is -2.42. The molecule has 0 spiro atoms. The Hall–Kier alpha value is -3.02. The highest BCUT2D eigenvalue weighted by Gasteiger charge is 2.48.